The second-order valence-electron chi connectivity index (χ2n) is 7.39. The van der Waals surface area contributed by atoms with Crippen molar-refractivity contribution in [3.8, 4) is 11.4 Å². The molecule has 0 fully saturated rings. The first-order valence-electron chi connectivity index (χ1n) is 9.59. The average molecular weight is 444 g/mol. The Labute approximate surface area is 181 Å². The van der Waals surface area contributed by atoms with Crippen LogP contribution in [-0.2, 0) is 24.1 Å². The van der Waals surface area contributed by atoms with Crippen molar-refractivity contribution in [2.75, 3.05) is 5.75 Å². The molecule has 1 aromatic heterocycles. The maximum absolute atomic E-state index is 11.1. The highest BCUT2D eigenvalue weighted by Crippen LogP contribution is 2.54. The van der Waals surface area contributed by atoms with E-state index in [1.54, 1.807) is 12.1 Å². The predicted molar refractivity (Wildman–Crippen MR) is 119 cm³/mol. The summed E-state index contributed by atoms with van der Waals surface area (Å²) in [5.41, 5.74) is 9.11. The SMILES string of the molecule is NC(=O)Cc1ccc(Cc2nc(-c3cccc(Cl)c3)nc3c2S(O)(O)CCC3)cc1. The first-order valence-corrected chi connectivity index (χ1v) is 11.7. The van der Waals surface area contributed by atoms with Gasteiger partial charge in [0.25, 0.3) is 0 Å². The second-order valence-corrected chi connectivity index (χ2v) is 9.98. The highest BCUT2D eigenvalue weighted by Gasteiger charge is 2.30. The van der Waals surface area contributed by atoms with Crippen LogP contribution in [0.5, 0.6) is 0 Å². The number of hydrogen-bond acceptors (Lipinski definition) is 5. The normalized spacial score (nSPS) is 16.0. The maximum atomic E-state index is 11.1. The van der Waals surface area contributed by atoms with Gasteiger partial charge in [0.1, 0.15) is 4.90 Å². The van der Waals surface area contributed by atoms with Gasteiger partial charge in [0, 0.05) is 22.8 Å². The summed E-state index contributed by atoms with van der Waals surface area (Å²) in [6, 6.07) is 14.8. The lowest BCUT2D eigenvalue weighted by molar-refractivity contribution is -0.117. The van der Waals surface area contributed by atoms with E-state index in [0.717, 1.165) is 16.7 Å². The summed E-state index contributed by atoms with van der Waals surface area (Å²) in [6.07, 6.45) is 1.95. The smallest absolute Gasteiger partial charge is 0.221 e. The fourth-order valence-corrected chi connectivity index (χ4v) is 5.65. The van der Waals surface area contributed by atoms with Gasteiger partial charge in [-0.15, -0.1) is 0 Å². The fourth-order valence-electron chi connectivity index (χ4n) is 3.68. The number of hydrogen-bond donors (Lipinski definition) is 3. The van der Waals surface area contributed by atoms with Gasteiger partial charge in [-0.1, -0.05) is 48.0 Å². The highest BCUT2D eigenvalue weighted by molar-refractivity contribution is 8.24. The first kappa shape index (κ1) is 20.8. The summed E-state index contributed by atoms with van der Waals surface area (Å²) >= 11 is 6.14. The van der Waals surface area contributed by atoms with Crippen molar-refractivity contribution >= 4 is 28.1 Å². The highest BCUT2D eigenvalue weighted by atomic mass is 35.5. The molecule has 4 rings (SSSR count). The molecule has 0 unspecified atom stereocenters. The van der Waals surface area contributed by atoms with E-state index in [0.29, 0.717) is 52.1 Å². The third kappa shape index (κ3) is 4.49. The molecule has 0 spiro atoms. The number of carbonyl (C=O) groups is 1. The minimum Gasteiger partial charge on any atom is -0.369 e. The number of aromatic nitrogens is 2. The predicted octanol–water partition coefficient (Wildman–Crippen LogP) is 4.47. The van der Waals surface area contributed by atoms with E-state index in [1.165, 1.54) is 0 Å². The lowest BCUT2D eigenvalue weighted by Gasteiger charge is -2.38. The summed E-state index contributed by atoms with van der Waals surface area (Å²) in [6.45, 7) is 0. The molecule has 1 aliphatic rings. The molecule has 0 atom stereocenters. The topological polar surface area (TPSA) is 109 Å². The average Bonchev–Trinajstić information content (AvgIpc) is 2.68. The minimum atomic E-state index is -2.94. The number of carbonyl (C=O) groups excluding carboxylic acids is 1. The molecular formula is C22H22ClN3O3S. The van der Waals surface area contributed by atoms with E-state index < -0.39 is 10.6 Å². The van der Waals surface area contributed by atoms with E-state index >= 15 is 0 Å². The van der Waals surface area contributed by atoms with Crippen molar-refractivity contribution in [2.45, 2.75) is 30.6 Å². The standard InChI is InChI=1S/C22H22ClN3O3S/c23-17-4-1-3-16(13-17)22-25-18-5-2-10-30(28,29)21(18)19(26-22)11-14-6-8-15(9-7-14)12-20(24)27/h1,3-4,6-9,13,28-29H,2,5,10-12H2,(H2,24,27). The van der Waals surface area contributed by atoms with Gasteiger partial charge >= 0.3 is 0 Å². The van der Waals surface area contributed by atoms with Gasteiger partial charge in [-0.2, -0.15) is 10.6 Å². The number of benzene rings is 2. The Bertz CT molecular complexity index is 1100. The Morgan fingerprint density at radius 2 is 1.83 bits per heavy atom. The van der Waals surface area contributed by atoms with Gasteiger partial charge in [0.2, 0.25) is 5.91 Å². The van der Waals surface area contributed by atoms with Gasteiger partial charge in [-0.25, -0.2) is 9.97 Å². The summed E-state index contributed by atoms with van der Waals surface area (Å²) in [7, 11) is -2.94. The lowest BCUT2D eigenvalue weighted by Crippen LogP contribution is -2.19. The van der Waals surface area contributed by atoms with Crippen molar-refractivity contribution < 1.29 is 13.9 Å². The molecule has 0 bridgehead atoms. The number of halogens is 1. The van der Waals surface area contributed by atoms with Gasteiger partial charge in [-0.05, 0) is 36.1 Å². The molecule has 1 aliphatic heterocycles. The first-order chi connectivity index (χ1) is 14.3. The van der Waals surface area contributed by atoms with Crippen LogP contribution < -0.4 is 5.73 Å². The van der Waals surface area contributed by atoms with Crippen molar-refractivity contribution in [3.63, 3.8) is 0 Å². The van der Waals surface area contributed by atoms with Crippen LogP contribution in [0.4, 0.5) is 0 Å². The van der Waals surface area contributed by atoms with Crippen molar-refractivity contribution in [1.29, 1.82) is 0 Å². The number of nitrogens with two attached hydrogens (primary N) is 1. The molecule has 156 valence electrons. The van der Waals surface area contributed by atoms with E-state index in [2.05, 4.69) is 4.98 Å². The summed E-state index contributed by atoms with van der Waals surface area (Å²) in [5, 5.41) is 0.588. The molecule has 0 saturated heterocycles. The Morgan fingerprint density at radius 3 is 2.53 bits per heavy atom. The maximum Gasteiger partial charge on any atom is 0.221 e. The molecule has 1 amide bonds. The molecule has 3 aromatic rings. The van der Waals surface area contributed by atoms with Gasteiger partial charge < -0.3 is 5.73 Å². The van der Waals surface area contributed by atoms with Crippen molar-refractivity contribution in [1.82, 2.24) is 9.97 Å². The lowest BCUT2D eigenvalue weighted by atomic mass is 10.0. The van der Waals surface area contributed by atoms with Crippen LogP contribution >= 0.6 is 22.2 Å². The Morgan fingerprint density at radius 1 is 1.10 bits per heavy atom. The third-order valence-corrected chi connectivity index (χ3v) is 7.25. The van der Waals surface area contributed by atoms with Crippen LogP contribution in [-0.4, -0.2) is 30.7 Å². The largest absolute Gasteiger partial charge is 0.369 e. The van der Waals surface area contributed by atoms with Gasteiger partial charge in [0.05, 0.1) is 17.8 Å². The van der Waals surface area contributed by atoms with Crippen LogP contribution in [0.25, 0.3) is 11.4 Å². The second kappa shape index (κ2) is 8.35. The monoisotopic (exact) mass is 443 g/mol. The van der Waals surface area contributed by atoms with Gasteiger partial charge in [0.15, 0.2) is 5.82 Å². The molecule has 2 heterocycles. The van der Waals surface area contributed by atoms with E-state index in [9.17, 15) is 13.9 Å². The number of amides is 1. The Kier molecular flexibility index (Phi) is 5.79. The van der Waals surface area contributed by atoms with E-state index in [-0.39, 0.29) is 12.3 Å². The van der Waals surface area contributed by atoms with Crippen LogP contribution in [0, 0.1) is 0 Å². The zero-order valence-corrected chi connectivity index (χ0v) is 17.8. The van der Waals surface area contributed by atoms with Crippen LogP contribution in [0.3, 0.4) is 0 Å². The molecule has 0 saturated carbocycles. The van der Waals surface area contributed by atoms with Crippen LogP contribution in [0.1, 0.15) is 28.9 Å². The van der Waals surface area contributed by atoms with Crippen LogP contribution in [0.2, 0.25) is 5.02 Å². The van der Waals surface area contributed by atoms with Crippen molar-refractivity contribution in [3.05, 3.63) is 76.1 Å². The zero-order valence-electron chi connectivity index (χ0n) is 16.2. The Hall–Kier alpha value is -2.45. The summed E-state index contributed by atoms with van der Waals surface area (Å²) in [4.78, 5) is 21.0. The molecular weight excluding hydrogens is 422 g/mol. The molecule has 30 heavy (non-hydrogen) atoms. The fraction of sp³-hybridized carbons (Fsp3) is 0.227. The molecule has 8 heteroatoms. The molecule has 4 N–H and O–H groups in total. The third-order valence-electron chi connectivity index (χ3n) is 5.03. The minimum absolute atomic E-state index is 0.183. The number of primary amides is 1. The van der Waals surface area contributed by atoms with Crippen molar-refractivity contribution in [2.24, 2.45) is 5.73 Å². The molecule has 2 aromatic carbocycles. The number of aryl methyl sites for hydroxylation is 1. The quantitative estimate of drug-likeness (QED) is 0.538. The number of nitrogens with zero attached hydrogens (tertiary/aromatic N) is 2. The molecule has 0 radical (unpaired) electrons. The van der Waals surface area contributed by atoms with Crippen LogP contribution in [0.15, 0.2) is 53.4 Å². The summed E-state index contributed by atoms with van der Waals surface area (Å²) in [5.74, 6) is 0.464. The Balaban J connectivity index is 1.77. The van der Waals surface area contributed by atoms with Gasteiger partial charge in [-0.3, -0.25) is 13.9 Å². The molecule has 0 aliphatic carbocycles. The van der Waals surface area contributed by atoms with E-state index in [1.807, 2.05) is 36.4 Å². The summed E-state index contributed by atoms with van der Waals surface area (Å²) < 4.78 is 21.4. The molecule has 6 nitrogen and oxygen atoms in total. The van der Waals surface area contributed by atoms with E-state index in [4.69, 9.17) is 22.3 Å². The number of fused-ring (bicyclic) bond motifs is 1. The number of rotatable bonds is 5. The zero-order chi connectivity index (χ0) is 21.3.